The molecule has 3 fully saturated rings. The average Bonchev–Trinajstić information content (AvgIpc) is 2.85. The van der Waals surface area contributed by atoms with Crippen LogP contribution < -0.4 is 4.74 Å². The molecule has 0 saturated heterocycles. The van der Waals surface area contributed by atoms with Crippen LogP contribution in [0, 0.1) is 29.6 Å². The minimum absolute atomic E-state index is 0.249. The predicted molar refractivity (Wildman–Crippen MR) is 73.6 cm³/mol. The minimum Gasteiger partial charge on any atom is -0.496 e. The van der Waals surface area contributed by atoms with E-state index < -0.39 is 0 Å². The number of ether oxygens (including phenoxy) is 1. The summed E-state index contributed by atoms with van der Waals surface area (Å²) >= 11 is 6.03. The smallest absolute Gasteiger partial charge is 0.170 e. The third kappa shape index (κ3) is 1.59. The fraction of sp³-hybridized carbons (Fsp3) is 0.562. The number of hydrogen-bond donors (Lipinski definition) is 0. The van der Waals surface area contributed by atoms with Gasteiger partial charge in [0.2, 0.25) is 0 Å². The van der Waals surface area contributed by atoms with Crippen molar-refractivity contribution in [3.63, 3.8) is 0 Å². The van der Waals surface area contributed by atoms with Gasteiger partial charge >= 0.3 is 0 Å². The molecular formula is C16H17ClO2. The molecule has 4 unspecified atom stereocenters. The molecule has 0 aliphatic heterocycles. The van der Waals surface area contributed by atoms with Crippen molar-refractivity contribution in [3.05, 3.63) is 28.8 Å². The first-order valence-corrected chi connectivity index (χ1v) is 7.46. The van der Waals surface area contributed by atoms with Crippen molar-refractivity contribution in [2.75, 3.05) is 7.11 Å². The zero-order chi connectivity index (χ0) is 13.1. The van der Waals surface area contributed by atoms with Crippen LogP contribution in [0.2, 0.25) is 5.02 Å². The molecule has 2 bridgehead atoms. The molecule has 0 aromatic heterocycles. The Morgan fingerprint density at radius 1 is 1.26 bits per heavy atom. The maximum atomic E-state index is 12.7. The largest absolute Gasteiger partial charge is 0.496 e. The molecule has 0 N–H and O–H groups in total. The van der Waals surface area contributed by atoms with E-state index >= 15 is 0 Å². The number of hydrogen-bond acceptors (Lipinski definition) is 2. The average molecular weight is 277 g/mol. The van der Waals surface area contributed by atoms with E-state index in [1.807, 2.05) is 0 Å². The third-order valence-corrected chi connectivity index (χ3v) is 5.70. The fourth-order valence-corrected chi connectivity index (χ4v) is 4.90. The van der Waals surface area contributed by atoms with Gasteiger partial charge in [0.05, 0.1) is 12.7 Å². The lowest BCUT2D eigenvalue weighted by atomic mass is 9.96. The number of rotatable bonds is 3. The SMILES string of the molecule is COc1ccc(Cl)cc1C(=O)C1C2C3CCC(C3)C12. The van der Waals surface area contributed by atoms with Gasteiger partial charge in [-0.3, -0.25) is 4.79 Å². The molecule has 3 heteroatoms. The van der Waals surface area contributed by atoms with Crippen LogP contribution in [0.4, 0.5) is 0 Å². The van der Waals surface area contributed by atoms with E-state index in [4.69, 9.17) is 16.3 Å². The van der Waals surface area contributed by atoms with Gasteiger partial charge < -0.3 is 4.74 Å². The maximum Gasteiger partial charge on any atom is 0.170 e. The molecular weight excluding hydrogens is 260 g/mol. The van der Waals surface area contributed by atoms with Gasteiger partial charge in [0.15, 0.2) is 5.78 Å². The molecule has 1 aromatic carbocycles. The number of ketones is 1. The van der Waals surface area contributed by atoms with Gasteiger partial charge in [0, 0.05) is 10.9 Å². The minimum atomic E-state index is 0.249. The molecule has 4 atom stereocenters. The second kappa shape index (κ2) is 3.99. The summed E-state index contributed by atoms with van der Waals surface area (Å²) in [5, 5.41) is 0.609. The Kier molecular flexibility index (Phi) is 2.47. The second-order valence-electron chi connectivity index (χ2n) is 6.22. The van der Waals surface area contributed by atoms with Crippen molar-refractivity contribution in [2.45, 2.75) is 19.3 Å². The van der Waals surface area contributed by atoms with Crippen molar-refractivity contribution in [1.82, 2.24) is 0 Å². The Hall–Kier alpha value is -1.02. The monoisotopic (exact) mass is 276 g/mol. The molecule has 4 rings (SSSR count). The number of halogens is 1. The molecule has 3 aliphatic rings. The first-order valence-electron chi connectivity index (χ1n) is 7.08. The van der Waals surface area contributed by atoms with E-state index in [0.717, 1.165) is 11.8 Å². The number of methoxy groups -OCH3 is 1. The number of benzene rings is 1. The van der Waals surface area contributed by atoms with Crippen LogP contribution in [0.25, 0.3) is 0 Å². The predicted octanol–water partition coefficient (Wildman–Crippen LogP) is 3.82. The van der Waals surface area contributed by atoms with E-state index in [-0.39, 0.29) is 11.7 Å². The van der Waals surface area contributed by atoms with Crippen LogP contribution in [-0.2, 0) is 0 Å². The molecule has 0 heterocycles. The van der Waals surface area contributed by atoms with Gasteiger partial charge in [-0.2, -0.15) is 0 Å². The van der Waals surface area contributed by atoms with Gasteiger partial charge in [0.1, 0.15) is 5.75 Å². The summed E-state index contributed by atoms with van der Waals surface area (Å²) in [4.78, 5) is 12.7. The zero-order valence-electron chi connectivity index (χ0n) is 10.9. The van der Waals surface area contributed by atoms with Crippen LogP contribution in [0.15, 0.2) is 18.2 Å². The van der Waals surface area contributed by atoms with Crippen molar-refractivity contribution < 1.29 is 9.53 Å². The summed E-state index contributed by atoms with van der Waals surface area (Å²) < 4.78 is 5.31. The number of fused-ring (bicyclic) bond motifs is 5. The third-order valence-electron chi connectivity index (χ3n) is 5.47. The molecule has 3 saturated carbocycles. The first kappa shape index (κ1) is 11.8. The van der Waals surface area contributed by atoms with Gasteiger partial charge in [0.25, 0.3) is 0 Å². The summed E-state index contributed by atoms with van der Waals surface area (Å²) in [6.07, 6.45) is 4.04. The van der Waals surface area contributed by atoms with Gasteiger partial charge in [-0.1, -0.05) is 11.6 Å². The van der Waals surface area contributed by atoms with Crippen LogP contribution >= 0.6 is 11.6 Å². The highest BCUT2D eigenvalue weighted by Crippen LogP contribution is 2.70. The van der Waals surface area contributed by atoms with Crippen molar-refractivity contribution in [1.29, 1.82) is 0 Å². The van der Waals surface area contributed by atoms with Crippen LogP contribution in [-0.4, -0.2) is 12.9 Å². The Bertz CT molecular complexity index is 538. The second-order valence-corrected chi connectivity index (χ2v) is 6.66. The summed E-state index contributed by atoms with van der Waals surface area (Å²) in [5.41, 5.74) is 0.675. The molecule has 3 aliphatic carbocycles. The normalized spacial score (nSPS) is 38.1. The van der Waals surface area contributed by atoms with E-state index in [1.165, 1.54) is 19.3 Å². The highest BCUT2D eigenvalue weighted by atomic mass is 35.5. The standard InChI is InChI=1S/C16H17ClO2/c1-19-12-5-4-10(17)7-11(12)16(18)15-13-8-2-3-9(6-8)14(13)15/h4-5,7-9,13-15H,2-3,6H2,1H3. The number of carbonyl (C=O) groups is 1. The summed E-state index contributed by atoms with van der Waals surface area (Å²) in [6.45, 7) is 0. The Balaban J connectivity index is 1.64. The Morgan fingerprint density at radius 3 is 2.58 bits per heavy atom. The van der Waals surface area contributed by atoms with E-state index in [0.29, 0.717) is 28.2 Å². The van der Waals surface area contributed by atoms with Crippen LogP contribution in [0.3, 0.4) is 0 Å². The van der Waals surface area contributed by atoms with Crippen molar-refractivity contribution >= 4 is 17.4 Å². The lowest BCUT2D eigenvalue weighted by Gasteiger charge is -2.11. The fourth-order valence-electron chi connectivity index (χ4n) is 4.73. The van der Waals surface area contributed by atoms with Gasteiger partial charge in [-0.25, -0.2) is 0 Å². The highest BCUT2D eigenvalue weighted by Gasteiger charge is 2.67. The first-order chi connectivity index (χ1) is 9.20. The maximum absolute atomic E-state index is 12.7. The lowest BCUT2D eigenvalue weighted by Crippen LogP contribution is -2.11. The molecule has 100 valence electrons. The number of carbonyl (C=O) groups excluding carboxylic acids is 1. The molecule has 1 aromatic rings. The zero-order valence-corrected chi connectivity index (χ0v) is 11.7. The van der Waals surface area contributed by atoms with Gasteiger partial charge in [-0.05, 0) is 61.1 Å². The molecule has 0 spiro atoms. The van der Waals surface area contributed by atoms with Crippen molar-refractivity contribution in [2.24, 2.45) is 29.6 Å². The summed E-state index contributed by atoms with van der Waals surface area (Å²) in [7, 11) is 1.61. The summed E-state index contributed by atoms with van der Waals surface area (Å²) in [6, 6.07) is 5.33. The molecule has 2 nitrogen and oxygen atoms in total. The number of Topliss-reactive ketones (excluding diaryl/α,β-unsaturated/α-hetero) is 1. The Morgan fingerprint density at radius 2 is 1.95 bits per heavy atom. The van der Waals surface area contributed by atoms with Gasteiger partial charge in [-0.15, -0.1) is 0 Å². The van der Waals surface area contributed by atoms with E-state index in [1.54, 1.807) is 25.3 Å². The van der Waals surface area contributed by atoms with Crippen molar-refractivity contribution in [3.8, 4) is 5.75 Å². The molecule has 0 amide bonds. The Labute approximate surface area is 118 Å². The van der Waals surface area contributed by atoms with Crippen LogP contribution in [0.5, 0.6) is 5.75 Å². The van der Waals surface area contributed by atoms with Crippen LogP contribution in [0.1, 0.15) is 29.6 Å². The van der Waals surface area contributed by atoms with E-state index in [2.05, 4.69) is 0 Å². The molecule has 19 heavy (non-hydrogen) atoms. The van der Waals surface area contributed by atoms with E-state index in [9.17, 15) is 4.79 Å². The highest BCUT2D eigenvalue weighted by molar-refractivity contribution is 6.31. The summed E-state index contributed by atoms with van der Waals surface area (Å²) in [5.74, 6) is 4.12. The topological polar surface area (TPSA) is 26.3 Å². The quantitative estimate of drug-likeness (QED) is 0.785. The molecule has 0 radical (unpaired) electrons. The lowest BCUT2D eigenvalue weighted by molar-refractivity contribution is 0.0941.